The van der Waals surface area contributed by atoms with Crippen molar-refractivity contribution in [3.05, 3.63) is 53.6 Å². The van der Waals surface area contributed by atoms with Gasteiger partial charge in [-0.1, -0.05) is 6.92 Å². The van der Waals surface area contributed by atoms with Crippen LogP contribution in [0.5, 0.6) is 0 Å². The van der Waals surface area contributed by atoms with E-state index >= 15 is 0 Å². The number of anilines is 1. The van der Waals surface area contributed by atoms with Crippen LogP contribution in [-0.4, -0.2) is 16.5 Å². The predicted octanol–water partition coefficient (Wildman–Crippen LogP) is 2.65. The number of aryl methyl sites for hydroxylation is 1. The summed E-state index contributed by atoms with van der Waals surface area (Å²) in [6.45, 7) is 5.24. The number of aromatic nitrogens is 2. The first-order valence-corrected chi connectivity index (χ1v) is 7.04. The normalized spacial score (nSPS) is 12.3. The van der Waals surface area contributed by atoms with Gasteiger partial charge in [-0.05, 0) is 55.1 Å². The van der Waals surface area contributed by atoms with E-state index in [1.807, 2.05) is 24.7 Å². The molecule has 0 radical (unpaired) electrons. The van der Waals surface area contributed by atoms with E-state index in [0.29, 0.717) is 0 Å². The van der Waals surface area contributed by atoms with Crippen molar-refractivity contribution in [2.45, 2.75) is 32.7 Å². The van der Waals surface area contributed by atoms with Crippen LogP contribution in [0.4, 0.5) is 5.69 Å². The molecule has 0 aliphatic rings. The molecule has 1 atom stereocenters. The fourth-order valence-electron chi connectivity index (χ4n) is 2.31. The second-order valence-corrected chi connectivity index (χ2v) is 5.02. The maximum atomic E-state index is 6.03. The van der Waals surface area contributed by atoms with Gasteiger partial charge in [-0.2, -0.15) is 0 Å². The average Bonchev–Trinajstić information content (AvgIpc) is 2.46. The fourth-order valence-corrected chi connectivity index (χ4v) is 2.31. The second-order valence-electron chi connectivity index (χ2n) is 5.02. The molecule has 0 spiro atoms. The highest BCUT2D eigenvalue weighted by atomic mass is 14.9. The molecule has 0 fully saturated rings. The minimum Gasteiger partial charge on any atom is -0.398 e. The summed E-state index contributed by atoms with van der Waals surface area (Å²) in [5.41, 5.74) is 10.4. The summed E-state index contributed by atoms with van der Waals surface area (Å²) in [6, 6.07) is 4.17. The Balaban J connectivity index is 2.24. The molecular weight excluding hydrogens is 248 g/mol. The lowest BCUT2D eigenvalue weighted by molar-refractivity contribution is 0.526. The Kier molecular flexibility index (Phi) is 5.07. The summed E-state index contributed by atoms with van der Waals surface area (Å²) in [5, 5.41) is 3.59. The van der Waals surface area contributed by atoms with E-state index in [1.165, 1.54) is 11.1 Å². The topological polar surface area (TPSA) is 63.8 Å². The van der Waals surface area contributed by atoms with E-state index in [1.54, 1.807) is 6.20 Å². The van der Waals surface area contributed by atoms with E-state index < -0.39 is 0 Å². The zero-order valence-electron chi connectivity index (χ0n) is 12.1. The maximum Gasteiger partial charge on any atom is 0.0378 e. The second kappa shape index (κ2) is 7.01. The fraction of sp³-hybridized carbons (Fsp3) is 0.375. The molecule has 4 nitrogen and oxygen atoms in total. The van der Waals surface area contributed by atoms with Crippen molar-refractivity contribution in [1.82, 2.24) is 15.3 Å². The molecule has 0 amide bonds. The zero-order valence-corrected chi connectivity index (χ0v) is 12.1. The van der Waals surface area contributed by atoms with E-state index in [4.69, 9.17) is 5.73 Å². The lowest BCUT2D eigenvalue weighted by Crippen LogP contribution is -2.25. The molecular formula is C16H22N4. The van der Waals surface area contributed by atoms with Crippen molar-refractivity contribution >= 4 is 5.69 Å². The monoisotopic (exact) mass is 270 g/mol. The summed E-state index contributed by atoms with van der Waals surface area (Å²) in [4.78, 5) is 8.34. The maximum absolute atomic E-state index is 6.03. The highest BCUT2D eigenvalue weighted by molar-refractivity contribution is 5.45. The van der Waals surface area contributed by atoms with Crippen LogP contribution in [-0.2, 0) is 6.42 Å². The number of nitrogen functional groups attached to an aromatic ring is 1. The predicted molar refractivity (Wildman–Crippen MR) is 82.4 cm³/mol. The Morgan fingerprint density at radius 1 is 1.20 bits per heavy atom. The van der Waals surface area contributed by atoms with Crippen LogP contribution in [0.3, 0.4) is 0 Å². The van der Waals surface area contributed by atoms with Crippen molar-refractivity contribution in [3.8, 4) is 0 Å². The van der Waals surface area contributed by atoms with Crippen LogP contribution in [0.2, 0.25) is 0 Å². The van der Waals surface area contributed by atoms with Crippen LogP contribution in [0.25, 0.3) is 0 Å². The van der Waals surface area contributed by atoms with Gasteiger partial charge < -0.3 is 11.1 Å². The Morgan fingerprint density at radius 3 is 2.65 bits per heavy atom. The lowest BCUT2D eigenvalue weighted by atomic mass is 9.96. The van der Waals surface area contributed by atoms with E-state index in [-0.39, 0.29) is 6.04 Å². The molecule has 0 aromatic carbocycles. The van der Waals surface area contributed by atoms with Crippen LogP contribution >= 0.6 is 0 Å². The summed E-state index contributed by atoms with van der Waals surface area (Å²) in [7, 11) is 0. The van der Waals surface area contributed by atoms with Crippen molar-refractivity contribution in [1.29, 1.82) is 0 Å². The van der Waals surface area contributed by atoms with Crippen LogP contribution in [0.15, 0.2) is 36.9 Å². The van der Waals surface area contributed by atoms with Gasteiger partial charge in [0.2, 0.25) is 0 Å². The van der Waals surface area contributed by atoms with Crippen LogP contribution in [0, 0.1) is 6.92 Å². The van der Waals surface area contributed by atoms with Gasteiger partial charge in [0.1, 0.15) is 0 Å². The van der Waals surface area contributed by atoms with Gasteiger partial charge in [-0.15, -0.1) is 0 Å². The van der Waals surface area contributed by atoms with E-state index in [2.05, 4.69) is 35.2 Å². The third kappa shape index (κ3) is 3.54. The summed E-state index contributed by atoms with van der Waals surface area (Å²) >= 11 is 0. The number of pyridine rings is 2. The van der Waals surface area contributed by atoms with Crippen LogP contribution < -0.4 is 11.1 Å². The molecule has 20 heavy (non-hydrogen) atoms. The molecule has 0 saturated carbocycles. The smallest absolute Gasteiger partial charge is 0.0378 e. The number of nitrogens with zero attached hydrogens (tertiary/aromatic N) is 2. The van der Waals surface area contributed by atoms with Gasteiger partial charge in [0, 0.05) is 36.5 Å². The first-order valence-electron chi connectivity index (χ1n) is 7.04. The molecule has 2 rings (SSSR count). The molecule has 1 unspecified atom stereocenters. The van der Waals surface area contributed by atoms with Gasteiger partial charge in [0.05, 0.1) is 0 Å². The molecule has 2 aromatic heterocycles. The largest absolute Gasteiger partial charge is 0.398 e. The molecule has 2 heterocycles. The number of hydrogen-bond acceptors (Lipinski definition) is 4. The highest BCUT2D eigenvalue weighted by Gasteiger charge is 2.15. The third-order valence-corrected chi connectivity index (χ3v) is 3.45. The summed E-state index contributed by atoms with van der Waals surface area (Å²) in [5.74, 6) is 0. The SMILES string of the molecule is CCCNC(Cc1cnccc1N)c1ccncc1C. The lowest BCUT2D eigenvalue weighted by Gasteiger charge is -2.21. The Morgan fingerprint density at radius 2 is 1.95 bits per heavy atom. The standard InChI is InChI=1S/C16H22N4/c1-3-6-20-16(14-4-7-18-10-12(14)2)9-13-11-19-8-5-15(13)17/h4-5,7-8,10-11,16,20H,3,6,9H2,1-2H3,(H2,17,19). The Bertz CT molecular complexity index is 554. The van der Waals surface area contributed by atoms with Gasteiger partial charge in [-0.3, -0.25) is 9.97 Å². The average molecular weight is 270 g/mol. The third-order valence-electron chi connectivity index (χ3n) is 3.45. The van der Waals surface area contributed by atoms with Gasteiger partial charge >= 0.3 is 0 Å². The number of nitrogens with one attached hydrogen (secondary N) is 1. The first kappa shape index (κ1) is 14.5. The van der Waals surface area contributed by atoms with Gasteiger partial charge in [-0.25, -0.2) is 0 Å². The van der Waals surface area contributed by atoms with E-state index in [9.17, 15) is 0 Å². The zero-order chi connectivity index (χ0) is 14.4. The molecule has 0 aliphatic carbocycles. The van der Waals surface area contributed by atoms with Crippen molar-refractivity contribution in [2.75, 3.05) is 12.3 Å². The minimum absolute atomic E-state index is 0.240. The first-order chi connectivity index (χ1) is 9.72. The molecule has 0 saturated heterocycles. The molecule has 4 heteroatoms. The van der Waals surface area contributed by atoms with Crippen molar-refractivity contribution < 1.29 is 0 Å². The number of nitrogens with two attached hydrogens (primary N) is 1. The summed E-state index contributed by atoms with van der Waals surface area (Å²) in [6.07, 6.45) is 9.27. The molecule has 106 valence electrons. The van der Waals surface area contributed by atoms with Crippen molar-refractivity contribution in [2.24, 2.45) is 0 Å². The summed E-state index contributed by atoms with van der Waals surface area (Å²) < 4.78 is 0. The van der Waals surface area contributed by atoms with Gasteiger partial charge in [0.15, 0.2) is 0 Å². The number of hydrogen-bond donors (Lipinski definition) is 2. The molecule has 2 aromatic rings. The minimum atomic E-state index is 0.240. The molecule has 0 bridgehead atoms. The Labute approximate surface area is 120 Å². The van der Waals surface area contributed by atoms with Gasteiger partial charge in [0.25, 0.3) is 0 Å². The van der Waals surface area contributed by atoms with Crippen LogP contribution in [0.1, 0.15) is 36.1 Å². The number of rotatable bonds is 6. The quantitative estimate of drug-likeness (QED) is 0.847. The molecule has 3 N–H and O–H groups in total. The highest BCUT2D eigenvalue weighted by Crippen LogP contribution is 2.23. The Hall–Kier alpha value is -1.94. The van der Waals surface area contributed by atoms with Crippen molar-refractivity contribution in [3.63, 3.8) is 0 Å². The van der Waals surface area contributed by atoms with E-state index in [0.717, 1.165) is 30.6 Å². The molecule has 0 aliphatic heterocycles.